The van der Waals surface area contributed by atoms with Crippen LogP contribution in [0, 0.1) is 5.92 Å². The minimum absolute atomic E-state index is 0.123. The van der Waals surface area contributed by atoms with Crippen LogP contribution in [-0.2, 0) is 17.9 Å². The second-order valence-corrected chi connectivity index (χ2v) is 7.71. The molecule has 2 heterocycles. The molecule has 1 atom stereocenters. The van der Waals surface area contributed by atoms with Gasteiger partial charge in [0.05, 0.1) is 19.4 Å². The third-order valence-electron chi connectivity index (χ3n) is 4.69. The molecule has 0 bridgehead atoms. The van der Waals surface area contributed by atoms with Crippen molar-refractivity contribution in [3.8, 4) is 0 Å². The van der Waals surface area contributed by atoms with Crippen LogP contribution in [0.2, 0.25) is 0 Å². The standard InChI is InChI=1S/C21H25N3O4/c1-14(2)11-21(3)19(26)24(20(27)23-21)13-15-6-4-7-16(10-15)18(25)22-12-17-8-5-9-28-17/h4-10,14H,11-13H2,1-3H3,(H,22,25)(H,23,27). The van der Waals surface area contributed by atoms with Gasteiger partial charge in [0.1, 0.15) is 11.3 Å². The molecule has 4 amide bonds. The summed E-state index contributed by atoms with van der Waals surface area (Å²) in [6.45, 7) is 6.19. The highest BCUT2D eigenvalue weighted by Gasteiger charge is 2.47. The lowest BCUT2D eigenvalue weighted by Crippen LogP contribution is -2.44. The zero-order valence-corrected chi connectivity index (χ0v) is 16.3. The molecule has 1 unspecified atom stereocenters. The summed E-state index contributed by atoms with van der Waals surface area (Å²) in [5, 5.41) is 5.58. The first-order valence-corrected chi connectivity index (χ1v) is 9.32. The molecule has 0 radical (unpaired) electrons. The minimum atomic E-state index is -0.886. The minimum Gasteiger partial charge on any atom is -0.467 e. The molecule has 148 valence electrons. The second kappa shape index (κ2) is 7.88. The Labute approximate surface area is 164 Å². The number of furan rings is 1. The highest BCUT2D eigenvalue weighted by Crippen LogP contribution is 2.26. The SMILES string of the molecule is CC(C)CC1(C)NC(=O)N(Cc2cccc(C(=O)NCc3ccco3)c2)C1=O. The van der Waals surface area contributed by atoms with E-state index in [0.717, 1.165) is 0 Å². The summed E-state index contributed by atoms with van der Waals surface area (Å²) in [5.74, 6) is 0.447. The molecule has 3 rings (SSSR count). The van der Waals surface area contributed by atoms with Crippen LogP contribution in [0.4, 0.5) is 4.79 Å². The Morgan fingerprint density at radius 2 is 2.04 bits per heavy atom. The summed E-state index contributed by atoms with van der Waals surface area (Å²) in [4.78, 5) is 38.7. The number of urea groups is 1. The van der Waals surface area contributed by atoms with E-state index in [0.29, 0.717) is 23.3 Å². The summed E-state index contributed by atoms with van der Waals surface area (Å²) in [7, 11) is 0. The Kier molecular flexibility index (Phi) is 5.53. The molecule has 0 spiro atoms. The quantitative estimate of drug-likeness (QED) is 0.719. The maximum atomic E-state index is 12.8. The maximum absolute atomic E-state index is 12.8. The maximum Gasteiger partial charge on any atom is 0.325 e. The van der Waals surface area contributed by atoms with E-state index in [1.165, 1.54) is 4.90 Å². The second-order valence-electron chi connectivity index (χ2n) is 7.71. The topological polar surface area (TPSA) is 91.7 Å². The molecule has 7 nitrogen and oxygen atoms in total. The Balaban J connectivity index is 1.68. The molecule has 2 aromatic rings. The number of hydrogen-bond donors (Lipinski definition) is 2. The fourth-order valence-electron chi connectivity index (χ4n) is 3.52. The Hall–Kier alpha value is -3.09. The molecule has 1 aliphatic rings. The molecule has 0 aliphatic carbocycles. The number of nitrogens with zero attached hydrogens (tertiary/aromatic N) is 1. The van der Waals surface area contributed by atoms with E-state index in [2.05, 4.69) is 10.6 Å². The number of nitrogens with one attached hydrogen (secondary N) is 2. The van der Waals surface area contributed by atoms with Crippen LogP contribution in [0.25, 0.3) is 0 Å². The van der Waals surface area contributed by atoms with Gasteiger partial charge < -0.3 is 15.1 Å². The smallest absolute Gasteiger partial charge is 0.325 e. The number of amides is 4. The van der Waals surface area contributed by atoms with Crippen molar-refractivity contribution in [1.82, 2.24) is 15.5 Å². The summed E-state index contributed by atoms with van der Waals surface area (Å²) < 4.78 is 5.20. The van der Waals surface area contributed by atoms with E-state index in [4.69, 9.17) is 4.42 Å². The van der Waals surface area contributed by atoms with E-state index in [9.17, 15) is 14.4 Å². The zero-order chi connectivity index (χ0) is 20.3. The van der Waals surface area contributed by atoms with Crippen molar-refractivity contribution < 1.29 is 18.8 Å². The van der Waals surface area contributed by atoms with Gasteiger partial charge in [-0.15, -0.1) is 0 Å². The summed E-state index contributed by atoms with van der Waals surface area (Å²) >= 11 is 0. The van der Waals surface area contributed by atoms with Crippen molar-refractivity contribution in [2.75, 3.05) is 0 Å². The number of hydrogen-bond acceptors (Lipinski definition) is 4. The van der Waals surface area contributed by atoms with Gasteiger partial charge in [-0.05, 0) is 49.1 Å². The highest BCUT2D eigenvalue weighted by atomic mass is 16.3. The first kappa shape index (κ1) is 19.7. The van der Waals surface area contributed by atoms with E-state index in [-0.39, 0.29) is 30.8 Å². The molecule has 1 fully saturated rings. The molecule has 28 heavy (non-hydrogen) atoms. The van der Waals surface area contributed by atoms with Gasteiger partial charge in [0, 0.05) is 5.56 Å². The van der Waals surface area contributed by atoms with Crippen LogP contribution < -0.4 is 10.6 Å². The molecule has 7 heteroatoms. The predicted octanol–water partition coefficient (Wildman–Crippen LogP) is 3.07. The lowest BCUT2D eigenvalue weighted by Gasteiger charge is -2.23. The van der Waals surface area contributed by atoms with Gasteiger partial charge in [-0.25, -0.2) is 4.79 Å². The number of carbonyl (C=O) groups is 3. The number of carbonyl (C=O) groups excluding carboxylic acids is 3. The fraction of sp³-hybridized carbons (Fsp3) is 0.381. The average Bonchev–Trinajstić information content (AvgIpc) is 3.22. The third kappa shape index (κ3) is 4.24. The van der Waals surface area contributed by atoms with Gasteiger partial charge in [-0.2, -0.15) is 0 Å². The van der Waals surface area contributed by atoms with Gasteiger partial charge >= 0.3 is 6.03 Å². The molecule has 2 N–H and O–H groups in total. The molecule has 0 saturated carbocycles. The number of imide groups is 1. The van der Waals surface area contributed by atoms with Gasteiger partial charge in [0.25, 0.3) is 11.8 Å². The van der Waals surface area contributed by atoms with Gasteiger partial charge in [-0.1, -0.05) is 26.0 Å². The lowest BCUT2D eigenvalue weighted by molar-refractivity contribution is -0.131. The number of benzene rings is 1. The van der Waals surface area contributed by atoms with Gasteiger partial charge in [0.15, 0.2) is 0 Å². The van der Waals surface area contributed by atoms with Crippen molar-refractivity contribution in [1.29, 1.82) is 0 Å². The molecular formula is C21H25N3O4. The first-order chi connectivity index (χ1) is 13.3. The molecule has 1 aliphatic heterocycles. The van der Waals surface area contributed by atoms with E-state index in [1.54, 1.807) is 49.6 Å². The Morgan fingerprint density at radius 3 is 2.71 bits per heavy atom. The van der Waals surface area contributed by atoms with Crippen LogP contribution in [-0.4, -0.2) is 28.3 Å². The van der Waals surface area contributed by atoms with Crippen molar-refractivity contribution in [2.24, 2.45) is 5.92 Å². The molecule has 1 aromatic heterocycles. The van der Waals surface area contributed by atoms with E-state index in [1.807, 2.05) is 13.8 Å². The Morgan fingerprint density at radius 1 is 1.25 bits per heavy atom. The predicted molar refractivity (Wildman–Crippen MR) is 103 cm³/mol. The fourth-order valence-corrected chi connectivity index (χ4v) is 3.52. The van der Waals surface area contributed by atoms with Crippen molar-refractivity contribution >= 4 is 17.8 Å². The third-order valence-corrected chi connectivity index (χ3v) is 4.69. The van der Waals surface area contributed by atoms with Gasteiger partial charge in [-0.3, -0.25) is 14.5 Å². The van der Waals surface area contributed by atoms with Crippen molar-refractivity contribution in [2.45, 2.75) is 45.8 Å². The van der Waals surface area contributed by atoms with E-state index >= 15 is 0 Å². The summed E-state index contributed by atoms with van der Waals surface area (Å²) in [6.07, 6.45) is 2.12. The zero-order valence-electron chi connectivity index (χ0n) is 16.3. The largest absolute Gasteiger partial charge is 0.467 e. The van der Waals surface area contributed by atoms with Crippen LogP contribution >= 0.6 is 0 Å². The van der Waals surface area contributed by atoms with Crippen LogP contribution in [0.5, 0.6) is 0 Å². The summed E-state index contributed by atoms with van der Waals surface area (Å²) in [5.41, 5.74) is 0.285. The van der Waals surface area contributed by atoms with Gasteiger partial charge in [0.2, 0.25) is 0 Å². The van der Waals surface area contributed by atoms with Crippen LogP contribution in [0.3, 0.4) is 0 Å². The number of rotatable bonds is 7. The lowest BCUT2D eigenvalue weighted by atomic mass is 9.91. The molecule has 1 saturated heterocycles. The Bertz CT molecular complexity index is 876. The van der Waals surface area contributed by atoms with Crippen molar-refractivity contribution in [3.63, 3.8) is 0 Å². The first-order valence-electron chi connectivity index (χ1n) is 9.32. The molecular weight excluding hydrogens is 358 g/mol. The van der Waals surface area contributed by atoms with Crippen LogP contribution in [0.15, 0.2) is 47.1 Å². The normalized spacial score (nSPS) is 19.2. The average molecular weight is 383 g/mol. The van der Waals surface area contributed by atoms with Crippen LogP contribution in [0.1, 0.15) is 48.9 Å². The van der Waals surface area contributed by atoms with Crippen molar-refractivity contribution in [3.05, 3.63) is 59.5 Å². The summed E-state index contributed by atoms with van der Waals surface area (Å²) in [6, 6.07) is 10.0. The van der Waals surface area contributed by atoms with E-state index < -0.39 is 11.6 Å². The highest BCUT2D eigenvalue weighted by molar-refractivity contribution is 6.06. The molecule has 1 aromatic carbocycles. The monoisotopic (exact) mass is 383 g/mol.